The summed E-state index contributed by atoms with van der Waals surface area (Å²) in [5, 5.41) is 5.17. The molecular formula is C36H33N3O4. The Balaban J connectivity index is 1.44. The Morgan fingerprint density at radius 1 is 0.907 bits per heavy atom. The first kappa shape index (κ1) is 27.1. The molecule has 0 aliphatic carbocycles. The lowest BCUT2D eigenvalue weighted by Gasteiger charge is -2.33. The maximum absolute atomic E-state index is 12.6. The van der Waals surface area contributed by atoms with Gasteiger partial charge in [0.25, 0.3) is 0 Å². The Morgan fingerprint density at radius 3 is 2.33 bits per heavy atom. The molecule has 1 aliphatic rings. The number of aryl methyl sites for hydroxylation is 2. The average Bonchev–Trinajstić information content (AvgIpc) is 3.56. The summed E-state index contributed by atoms with van der Waals surface area (Å²) in [6.07, 6.45) is 3.52. The predicted molar refractivity (Wildman–Crippen MR) is 167 cm³/mol. The summed E-state index contributed by atoms with van der Waals surface area (Å²) in [7, 11) is 1.40. The second kappa shape index (κ2) is 11.2. The van der Waals surface area contributed by atoms with Gasteiger partial charge in [0.05, 0.1) is 41.0 Å². The molecule has 3 aromatic heterocycles. The average molecular weight is 572 g/mol. The molecule has 1 unspecified atom stereocenters. The molecule has 7 heteroatoms. The van der Waals surface area contributed by atoms with Crippen molar-refractivity contribution in [3.05, 3.63) is 108 Å². The highest BCUT2D eigenvalue weighted by molar-refractivity contribution is 6.08. The highest BCUT2D eigenvalue weighted by Gasteiger charge is 2.30. The summed E-state index contributed by atoms with van der Waals surface area (Å²) in [4.78, 5) is 17.4. The van der Waals surface area contributed by atoms with Crippen molar-refractivity contribution in [1.29, 1.82) is 0 Å². The number of hydrogen-bond acceptors (Lipinski definition) is 6. The van der Waals surface area contributed by atoms with Crippen LogP contribution in [0.2, 0.25) is 0 Å². The van der Waals surface area contributed by atoms with Crippen molar-refractivity contribution in [2.75, 3.05) is 20.3 Å². The fraction of sp³-hybridized carbons (Fsp3) is 0.250. The van der Waals surface area contributed by atoms with Crippen LogP contribution < -0.4 is 0 Å². The highest BCUT2D eigenvalue weighted by Crippen LogP contribution is 2.41. The van der Waals surface area contributed by atoms with E-state index in [0.29, 0.717) is 11.5 Å². The zero-order valence-electron chi connectivity index (χ0n) is 24.5. The number of benzene rings is 3. The lowest BCUT2D eigenvalue weighted by atomic mass is 9.86. The number of nitrogens with zero attached hydrogens (tertiary/aromatic N) is 3. The van der Waals surface area contributed by atoms with Gasteiger partial charge in [0.15, 0.2) is 0 Å². The first-order chi connectivity index (χ1) is 21.0. The molecule has 7 rings (SSSR count). The van der Waals surface area contributed by atoms with Gasteiger partial charge in [-0.15, -0.1) is 0 Å². The standard InChI is InChI=1S/C36H33N3O4/c1-22-33(23(2)43-38-22)25-11-9-24(10-12-25)28-13-14-30-31(19-28)39(32-20-29(36(40)41-3)21-37-34(30)32)35(26-7-5-4-6-8-26)27-15-17-42-18-16-27/h4-14,19-21,27,35H,15-18H2,1-3H3. The van der Waals surface area contributed by atoms with Crippen molar-refractivity contribution in [2.45, 2.75) is 32.7 Å². The van der Waals surface area contributed by atoms with E-state index < -0.39 is 5.97 Å². The number of esters is 1. The van der Waals surface area contributed by atoms with Crippen molar-refractivity contribution < 1.29 is 18.8 Å². The third-order valence-corrected chi connectivity index (χ3v) is 8.73. The largest absolute Gasteiger partial charge is 0.465 e. The third kappa shape index (κ3) is 4.79. The van der Waals surface area contributed by atoms with E-state index >= 15 is 0 Å². The van der Waals surface area contributed by atoms with E-state index in [4.69, 9.17) is 19.0 Å². The van der Waals surface area contributed by atoms with E-state index in [1.54, 1.807) is 6.20 Å². The van der Waals surface area contributed by atoms with Gasteiger partial charge in [-0.1, -0.05) is 71.9 Å². The maximum atomic E-state index is 12.6. The van der Waals surface area contributed by atoms with Gasteiger partial charge in [-0.25, -0.2) is 4.79 Å². The van der Waals surface area contributed by atoms with E-state index in [0.717, 1.165) is 81.7 Å². The van der Waals surface area contributed by atoms with Crippen LogP contribution in [0.1, 0.15) is 46.3 Å². The number of ether oxygens (including phenoxy) is 2. The molecule has 43 heavy (non-hydrogen) atoms. The number of carbonyl (C=O) groups is 1. The SMILES string of the molecule is COC(=O)c1cnc2c3ccc(-c4ccc(-c5c(C)noc5C)cc4)cc3n(C(c3ccccc3)C3CCOCC3)c2c1. The van der Waals surface area contributed by atoms with Gasteiger partial charge in [0.2, 0.25) is 0 Å². The number of rotatable bonds is 6. The topological polar surface area (TPSA) is 79.4 Å². The molecule has 1 aliphatic heterocycles. The quantitative estimate of drug-likeness (QED) is 0.189. The predicted octanol–water partition coefficient (Wildman–Crippen LogP) is 7.93. The van der Waals surface area contributed by atoms with Gasteiger partial charge >= 0.3 is 5.97 Å². The zero-order valence-corrected chi connectivity index (χ0v) is 24.5. The maximum Gasteiger partial charge on any atom is 0.339 e. The van der Waals surface area contributed by atoms with Crippen LogP contribution in [-0.2, 0) is 9.47 Å². The molecule has 0 spiro atoms. The van der Waals surface area contributed by atoms with Crippen LogP contribution in [0.3, 0.4) is 0 Å². The first-order valence-electron chi connectivity index (χ1n) is 14.7. The van der Waals surface area contributed by atoms with Gasteiger partial charge in [-0.2, -0.15) is 0 Å². The fourth-order valence-electron chi connectivity index (χ4n) is 6.65. The fourth-order valence-corrected chi connectivity index (χ4v) is 6.65. The molecular weight excluding hydrogens is 538 g/mol. The summed E-state index contributed by atoms with van der Waals surface area (Å²) in [6.45, 7) is 5.38. The van der Waals surface area contributed by atoms with Crippen molar-refractivity contribution in [3.8, 4) is 22.3 Å². The molecule has 216 valence electrons. The minimum atomic E-state index is -0.396. The molecule has 0 bridgehead atoms. The van der Waals surface area contributed by atoms with Crippen LogP contribution in [0.25, 0.3) is 44.2 Å². The lowest BCUT2D eigenvalue weighted by Crippen LogP contribution is -2.27. The van der Waals surface area contributed by atoms with Crippen LogP contribution in [0.15, 0.2) is 89.6 Å². The zero-order chi connectivity index (χ0) is 29.5. The number of pyridine rings is 1. The number of methoxy groups -OCH3 is 1. The van der Waals surface area contributed by atoms with Crippen molar-refractivity contribution in [1.82, 2.24) is 14.7 Å². The van der Waals surface area contributed by atoms with Gasteiger partial charge in [-0.3, -0.25) is 4.98 Å². The Morgan fingerprint density at radius 2 is 1.63 bits per heavy atom. The summed E-state index contributed by atoms with van der Waals surface area (Å²) in [5.41, 5.74) is 9.76. The Bertz CT molecular complexity index is 1910. The Hall–Kier alpha value is -4.75. The van der Waals surface area contributed by atoms with E-state index in [9.17, 15) is 4.79 Å². The number of aromatic nitrogens is 3. The monoisotopic (exact) mass is 571 g/mol. The molecule has 1 fully saturated rings. The molecule has 0 saturated carbocycles. The van der Waals surface area contributed by atoms with E-state index in [1.165, 1.54) is 12.7 Å². The summed E-state index contributed by atoms with van der Waals surface area (Å²) in [5.74, 6) is 0.775. The molecule has 1 atom stereocenters. The summed E-state index contributed by atoms with van der Waals surface area (Å²) in [6, 6.07) is 27.7. The van der Waals surface area contributed by atoms with Gasteiger partial charge in [0.1, 0.15) is 5.76 Å². The lowest BCUT2D eigenvalue weighted by molar-refractivity contribution is 0.0553. The Kier molecular flexibility index (Phi) is 7.03. The third-order valence-electron chi connectivity index (χ3n) is 8.73. The highest BCUT2D eigenvalue weighted by atomic mass is 16.5. The van der Waals surface area contributed by atoms with Crippen molar-refractivity contribution in [2.24, 2.45) is 5.92 Å². The van der Waals surface area contributed by atoms with Gasteiger partial charge in [-0.05, 0) is 67.0 Å². The molecule has 1 saturated heterocycles. The minimum absolute atomic E-state index is 0.0389. The van der Waals surface area contributed by atoms with Crippen LogP contribution in [0.5, 0.6) is 0 Å². The van der Waals surface area contributed by atoms with Gasteiger partial charge < -0.3 is 18.6 Å². The van der Waals surface area contributed by atoms with E-state index in [2.05, 4.69) is 82.5 Å². The number of hydrogen-bond donors (Lipinski definition) is 0. The smallest absolute Gasteiger partial charge is 0.339 e. The van der Waals surface area contributed by atoms with Crippen LogP contribution in [0, 0.1) is 19.8 Å². The van der Waals surface area contributed by atoms with E-state index in [-0.39, 0.29) is 6.04 Å². The van der Waals surface area contributed by atoms with Crippen molar-refractivity contribution >= 4 is 27.9 Å². The van der Waals surface area contributed by atoms with Gasteiger partial charge in [0, 0.05) is 30.4 Å². The summed E-state index contributed by atoms with van der Waals surface area (Å²) < 4.78 is 18.7. The molecule has 6 aromatic rings. The molecule has 4 heterocycles. The molecule has 0 radical (unpaired) electrons. The Labute approximate surface area is 250 Å². The van der Waals surface area contributed by atoms with Crippen LogP contribution in [0.4, 0.5) is 0 Å². The number of fused-ring (bicyclic) bond motifs is 3. The molecule has 0 N–H and O–H groups in total. The number of carbonyl (C=O) groups excluding carboxylic acids is 1. The first-order valence-corrected chi connectivity index (χ1v) is 14.7. The second-order valence-corrected chi connectivity index (χ2v) is 11.3. The normalized spacial score (nSPS) is 14.8. The van der Waals surface area contributed by atoms with E-state index in [1.807, 2.05) is 19.9 Å². The summed E-state index contributed by atoms with van der Waals surface area (Å²) >= 11 is 0. The molecule has 7 nitrogen and oxygen atoms in total. The molecule has 0 amide bonds. The second-order valence-electron chi connectivity index (χ2n) is 11.3. The van der Waals surface area contributed by atoms with Crippen LogP contribution in [-0.4, -0.2) is 41.0 Å². The molecule has 3 aromatic carbocycles. The van der Waals surface area contributed by atoms with Crippen LogP contribution >= 0.6 is 0 Å². The minimum Gasteiger partial charge on any atom is -0.465 e. The van der Waals surface area contributed by atoms with Crippen molar-refractivity contribution in [3.63, 3.8) is 0 Å².